The summed E-state index contributed by atoms with van der Waals surface area (Å²) < 4.78 is 0. The molecule has 2 aromatic rings. The second-order valence-electron chi connectivity index (χ2n) is 5.43. The van der Waals surface area contributed by atoms with E-state index >= 15 is 0 Å². The molecular weight excluding hydrogens is 344 g/mol. The Balaban J connectivity index is 0.000000181. The maximum absolute atomic E-state index is 11.0. The molecule has 2 aromatic carbocycles. The Morgan fingerprint density at radius 3 is 2.60 bits per heavy atom. The summed E-state index contributed by atoms with van der Waals surface area (Å²) in [4.78, 5) is 22.0. The van der Waals surface area contributed by atoms with Gasteiger partial charge in [0.25, 0.3) is 0 Å². The number of phenolic OH excluding ortho intramolecular Hbond substituents is 2. The SMILES string of the molecule is O=C(CCCl)Nc1cccc(O)c1.O=C1CCc2ccc(O)cc2N1. The minimum absolute atomic E-state index is 0.0214. The van der Waals surface area contributed by atoms with Crippen LogP contribution in [0.3, 0.4) is 0 Å². The lowest BCUT2D eigenvalue weighted by Gasteiger charge is -2.16. The van der Waals surface area contributed by atoms with Crippen LogP contribution in [0.1, 0.15) is 18.4 Å². The third-order valence-electron chi connectivity index (χ3n) is 3.44. The van der Waals surface area contributed by atoms with Gasteiger partial charge in [-0.2, -0.15) is 0 Å². The van der Waals surface area contributed by atoms with E-state index in [1.54, 1.807) is 24.3 Å². The van der Waals surface area contributed by atoms with Crippen LogP contribution in [0, 0.1) is 0 Å². The maximum atomic E-state index is 11.0. The number of alkyl halides is 1. The zero-order valence-corrected chi connectivity index (χ0v) is 14.2. The van der Waals surface area contributed by atoms with Crippen LogP contribution in [0.25, 0.3) is 0 Å². The number of halogens is 1. The standard InChI is InChI=1S/C9H10ClNO2.C9H9NO2/c10-5-4-9(13)11-7-2-1-3-8(12)6-7;11-7-3-1-6-2-4-9(12)10-8(6)5-7/h1-3,6,12H,4-5H2,(H,11,13);1,3,5,11H,2,4H2,(H,10,12). The molecule has 1 aliphatic heterocycles. The van der Waals surface area contributed by atoms with E-state index in [1.165, 1.54) is 12.1 Å². The van der Waals surface area contributed by atoms with Gasteiger partial charge in [0, 0.05) is 42.2 Å². The Labute approximate surface area is 150 Å². The fourth-order valence-corrected chi connectivity index (χ4v) is 2.42. The zero-order chi connectivity index (χ0) is 18.2. The van der Waals surface area contributed by atoms with Crippen LogP contribution < -0.4 is 10.6 Å². The highest BCUT2D eigenvalue weighted by molar-refractivity contribution is 6.19. The van der Waals surface area contributed by atoms with Crippen molar-refractivity contribution in [2.75, 3.05) is 16.5 Å². The summed E-state index contributed by atoms with van der Waals surface area (Å²) in [6.07, 6.45) is 1.58. The first kappa shape index (κ1) is 18.6. The summed E-state index contributed by atoms with van der Waals surface area (Å²) in [5.74, 6) is 0.485. The van der Waals surface area contributed by atoms with Crippen molar-refractivity contribution >= 4 is 34.8 Å². The summed E-state index contributed by atoms with van der Waals surface area (Å²) in [5.41, 5.74) is 2.41. The molecule has 0 aliphatic carbocycles. The predicted molar refractivity (Wildman–Crippen MR) is 97.1 cm³/mol. The van der Waals surface area contributed by atoms with E-state index < -0.39 is 0 Å². The van der Waals surface area contributed by atoms with Gasteiger partial charge in [0.05, 0.1) is 0 Å². The van der Waals surface area contributed by atoms with Crippen molar-refractivity contribution in [2.24, 2.45) is 0 Å². The molecule has 0 atom stereocenters. The molecule has 0 bridgehead atoms. The number of anilines is 2. The predicted octanol–water partition coefficient (Wildman–Crippen LogP) is 3.24. The van der Waals surface area contributed by atoms with Crippen molar-refractivity contribution in [1.82, 2.24) is 0 Å². The minimum Gasteiger partial charge on any atom is -0.508 e. The molecule has 0 saturated carbocycles. The molecule has 6 nitrogen and oxygen atoms in total. The highest BCUT2D eigenvalue weighted by Gasteiger charge is 2.14. The molecule has 0 saturated heterocycles. The summed E-state index contributed by atoms with van der Waals surface area (Å²) >= 11 is 5.38. The monoisotopic (exact) mass is 362 g/mol. The first-order valence-electron chi connectivity index (χ1n) is 7.74. The van der Waals surface area contributed by atoms with E-state index in [2.05, 4.69) is 10.6 Å². The molecule has 1 aliphatic rings. The van der Waals surface area contributed by atoms with Gasteiger partial charge in [-0.05, 0) is 30.2 Å². The Morgan fingerprint density at radius 1 is 1.12 bits per heavy atom. The molecule has 0 aromatic heterocycles. The van der Waals surface area contributed by atoms with E-state index in [9.17, 15) is 9.59 Å². The van der Waals surface area contributed by atoms with Gasteiger partial charge in [-0.3, -0.25) is 9.59 Å². The summed E-state index contributed by atoms with van der Waals surface area (Å²) in [7, 11) is 0. The van der Waals surface area contributed by atoms with Crippen LogP contribution in [0.2, 0.25) is 0 Å². The Kier molecular flexibility index (Phi) is 6.65. The minimum atomic E-state index is -0.152. The van der Waals surface area contributed by atoms with Crippen LogP contribution in [-0.2, 0) is 16.0 Å². The van der Waals surface area contributed by atoms with Crippen molar-refractivity contribution in [3.05, 3.63) is 48.0 Å². The lowest BCUT2D eigenvalue weighted by atomic mass is 10.0. The van der Waals surface area contributed by atoms with E-state index in [4.69, 9.17) is 21.8 Å². The molecular formula is C18H19ClN2O4. The summed E-state index contributed by atoms with van der Waals surface area (Å²) in [6.45, 7) is 0. The fourth-order valence-electron chi connectivity index (χ4n) is 2.25. The number of fused-ring (bicyclic) bond motifs is 1. The third-order valence-corrected chi connectivity index (χ3v) is 3.63. The summed E-state index contributed by atoms with van der Waals surface area (Å²) in [5, 5.41) is 23.5. The topological polar surface area (TPSA) is 98.7 Å². The Hall–Kier alpha value is -2.73. The van der Waals surface area contributed by atoms with Crippen molar-refractivity contribution in [2.45, 2.75) is 19.3 Å². The number of hydrogen-bond acceptors (Lipinski definition) is 4. The number of aryl methyl sites for hydroxylation is 1. The van der Waals surface area contributed by atoms with Crippen LogP contribution in [-0.4, -0.2) is 27.9 Å². The van der Waals surface area contributed by atoms with Crippen LogP contribution in [0.4, 0.5) is 11.4 Å². The molecule has 0 spiro atoms. The van der Waals surface area contributed by atoms with E-state index in [0.717, 1.165) is 17.7 Å². The molecule has 7 heteroatoms. The quantitative estimate of drug-likeness (QED) is 0.630. The van der Waals surface area contributed by atoms with Gasteiger partial charge in [0.15, 0.2) is 0 Å². The van der Waals surface area contributed by atoms with Crippen molar-refractivity contribution in [1.29, 1.82) is 0 Å². The van der Waals surface area contributed by atoms with Crippen molar-refractivity contribution in [3.63, 3.8) is 0 Å². The zero-order valence-electron chi connectivity index (χ0n) is 13.5. The smallest absolute Gasteiger partial charge is 0.225 e. The largest absolute Gasteiger partial charge is 0.508 e. The van der Waals surface area contributed by atoms with Gasteiger partial charge < -0.3 is 20.8 Å². The third kappa shape index (κ3) is 6.00. The molecule has 0 fully saturated rings. The van der Waals surface area contributed by atoms with Gasteiger partial charge in [0.1, 0.15) is 11.5 Å². The van der Waals surface area contributed by atoms with E-state index in [1.807, 2.05) is 6.07 Å². The van der Waals surface area contributed by atoms with Gasteiger partial charge >= 0.3 is 0 Å². The number of hydrogen-bond donors (Lipinski definition) is 4. The number of amides is 2. The number of carbonyl (C=O) groups excluding carboxylic acids is 2. The Morgan fingerprint density at radius 2 is 1.88 bits per heavy atom. The molecule has 132 valence electrons. The van der Waals surface area contributed by atoms with Gasteiger partial charge in [-0.25, -0.2) is 0 Å². The van der Waals surface area contributed by atoms with E-state index in [0.29, 0.717) is 18.0 Å². The molecule has 25 heavy (non-hydrogen) atoms. The van der Waals surface area contributed by atoms with Gasteiger partial charge in [0.2, 0.25) is 11.8 Å². The lowest BCUT2D eigenvalue weighted by Crippen LogP contribution is -2.18. The number of rotatable bonds is 3. The molecule has 3 rings (SSSR count). The second-order valence-corrected chi connectivity index (χ2v) is 5.81. The van der Waals surface area contributed by atoms with Crippen molar-refractivity contribution < 1.29 is 19.8 Å². The lowest BCUT2D eigenvalue weighted by molar-refractivity contribution is -0.117. The number of nitrogens with one attached hydrogen (secondary N) is 2. The van der Waals surface area contributed by atoms with Crippen LogP contribution in [0.15, 0.2) is 42.5 Å². The van der Waals surface area contributed by atoms with E-state index in [-0.39, 0.29) is 29.7 Å². The molecule has 1 heterocycles. The maximum Gasteiger partial charge on any atom is 0.225 e. The van der Waals surface area contributed by atoms with Gasteiger partial charge in [-0.1, -0.05) is 12.1 Å². The first-order chi connectivity index (χ1) is 12.0. The highest BCUT2D eigenvalue weighted by Crippen LogP contribution is 2.26. The fraction of sp³-hybridized carbons (Fsp3) is 0.222. The molecule has 2 amide bonds. The van der Waals surface area contributed by atoms with Crippen LogP contribution >= 0.6 is 11.6 Å². The normalized spacial score (nSPS) is 12.3. The Bertz CT molecular complexity index is 764. The average Bonchev–Trinajstić information content (AvgIpc) is 2.55. The molecule has 4 N–H and O–H groups in total. The second kappa shape index (κ2) is 8.94. The average molecular weight is 363 g/mol. The molecule has 0 radical (unpaired) electrons. The summed E-state index contributed by atoms with van der Waals surface area (Å²) in [6, 6.07) is 11.4. The molecule has 0 unspecified atom stereocenters. The van der Waals surface area contributed by atoms with Crippen LogP contribution in [0.5, 0.6) is 11.5 Å². The number of phenols is 2. The number of aromatic hydroxyl groups is 2. The van der Waals surface area contributed by atoms with Gasteiger partial charge in [-0.15, -0.1) is 11.6 Å². The van der Waals surface area contributed by atoms with Crippen molar-refractivity contribution in [3.8, 4) is 11.5 Å². The number of carbonyl (C=O) groups is 2. The highest BCUT2D eigenvalue weighted by atomic mass is 35.5. The number of benzene rings is 2. The first-order valence-corrected chi connectivity index (χ1v) is 8.28.